The van der Waals surface area contributed by atoms with Gasteiger partial charge in [0.25, 0.3) is 0 Å². The van der Waals surface area contributed by atoms with Crippen LogP contribution in [0.5, 0.6) is 0 Å². The molecule has 138 valence electrons. The average molecular weight is 352 g/mol. The van der Waals surface area contributed by atoms with Gasteiger partial charge in [-0.05, 0) is 35.7 Å². The van der Waals surface area contributed by atoms with Crippen LogP contribution in [0, 0.1) is 5.92 Å². The van der Waals surface area contributed by atoms with Gasteiger partial charge in [-0.15, -0.1) is 0 Å². The van der Waals surface area contributed by atoms with Gasteiger partial charge in [0.1, 0.15) is 0 Å². The van der Waals surface area contributed by atoms with Gasteiger partial charge in [0.05, 0.1) is 19.1 Å². The van der Waals surface area contributed by atoms with Crippen LogP contribution in [0.2, 0.25) is 0 Å². The van der Waals surface area contributed by atoms with E-state index in [1.54, 1.807) is 0 Å². The lowest BCUT2D eigenvalue weighted by Crippen LogP contribution is -2.36. The van der Waals surface area contributed by atoms with Crippen LogP contribution in [-0.4, -0.2) is 32.2 Å². The number of ether oxygens (including phenoxy) is 1. The average Bonchev–Trinajstić information content (AvgIpc) is 2.70. The summed E-state index contributed by atoms with van der Waals surface area (Å²) >= 11 is 0. The normalized spacial score (nSPS) is 16.8. The monoisotopic (exact) mass is 352 g/mol. The predicted molar refractivity (Wildman–Crippen MR) is 107 cm³/mol. The maximum Gasteiger partial charge on any atom is 0.232 e. The van der Waals surface area contributed by atoms with E-state index in [-0.39, 0.29) is 17.7 Å². The first kappa shape index (κ1) is 18.5. The number of carbonyl (C=O) groups is 1. The van der Waals surface area contributed by atoms with Crippen LogP contribution in [0.3, 0.4) is 0 Å². The van der Waals surface area contributed by atoms with Crippen molar-refractivity contribution in [3.63, 3.8) is 0 Å². The number of nitrogens with one attached hydrogen (secondary N) is 1. The molecular weight excluding hydrogens is 324 g/mol. The smallest absolute Gasteiger partial charge is 0.232 e. The maximum absolute atomic E-state index is 13.0. The summed E-state index contributed by atoms with van der Waals surface area (Å²) in [6.07, 6.45) is 0.961. The van der Waals surface area contributed by atoms with E-state index in [0.717, 1.165) is 44.0 Å². The number of hydrogen-bond acceptors (Lipinski definition) is 3. The molecule has 1 saturated heterocycles. The summed E-state index contributed by atoms with van der Waals surface area (Å²) in [7, 11) is 0. The van der Waals surface area contributed by atoms with Gasteiger partial charge in [0, 0.05) is 24.5 Å². The number of anilines is 2. The molecule has 1 heterocycles. The third-order valence-corrected chi connectivity index (χ3v) is 5.17. The minimum Gasteiger partial charge on any atom is -0.378 e. The van der Waals surface area contributed by atoms with Crippen LogP contribution in [0.25, 0.3) is 0 Å². The molecule has 0 saturated carbocycles. The van der Waals surface area contributed by atoms with Gasteiger partial charge in [-0.25, -0.2) is 0 Å². The van der Waals surface area contributed by atoms with Crippen molar-refractivity contribution in [3.05, 3.63) is 60.2 Å². The number of morpholine rings is 1. The molecule has 4 nitrogen and oxygen atoms in total. The highest BCUT2D eigenvalue weighted by Gasteiger charge is 2.25. The topological polar surface area (TPSA) is 41.6 Å². The molecule has 0 radical (unpaired) electrons. The SMILES string of the molecule is CC[C@@H](C)[C@@H](C(=O)Nc1ccc(N2CCOCC2)cc1)c1ccccc1. The largest absolute Gasteiger partial charge is 0.378 e. The fraction of sp³-hybridized carbons (Fsp3) is 0.409. The van der Waals surface area contributed by atoms with Crippen molar-refractivity contribution < 1.29 is 9.53 Å². The van der Waals surface area contributed by atoms with E-state index >= 15 is 0 Å². The maximum atomic E-state index is 13.0. The number of nitrogens with zero attached hydrogens (tertiary/aromatic N) is 1. The zero-order valence-corrected chi connectivity index (χ0v) is 15.7. The summed E-state index contributed by atoms with van der Waals surface area (Å²) in [4.78, 5) is 15.3. The number of hydrogen-bond donors (Lipinski definition) is 1. The van der Waals surface area contributed by atoms with Crippen molar-refractivity contribution >= 4 is 17.3 Å². The highest BCUT2D eigenvalue weighted by atomic mass is 16.5. The summed E-state index contributed by atoms with van der Waals surface area (Å²) in [5.74, 6) is 0.204. The number of amides is 1. The second kappa shape index (κ2) is 8.86. The highest BCUT2D eigenvalue weighted by molar-refractivity contribution is 5.96. The Morgan fingerprint density at radius 1 is 1.08 bits per heavy atom. The lowest BCUT2D eigenvalue weighted by Gasteiger charge is -2.29. The van der Waals surface area contributed by atoms with Crippen LogP contribution in [0.4, 0.5) is 11.4 Å². The molecule has 2 atom stereocenters. The summed E-state index contributed by atoms with van der Waals surface area (Å²) in [6, 6.07) is 18.2. The third-order valence-electron chi connectivity index (χ3n) is 5.17. The van der Waals surface area contributed by atoms with Gasteiger partial charge in [-0.1, -0.05) is 50.6 Å². The van der Waals surface area contributed by atoms with Gasteiger partial charge < -0.3 is 15.0 Å². The van der Waals surface area contributed by atoms with Gasteiger partial charge in [-0.2, -0.15) is 0 Å². The fourth-order valence-corrected chi connectivity index (χ4v) is 3.43. The Balaban J connectivity index is 1.70. The zero-order chi connectivity index (χ0) is 18.4. The van der Waals surface area contributed by atoms with E-state index in [1.807, 2.05) is 42.5 Å². The van der Waals surface area contributed by atoms with Crippen molar-refractivity contribution in [2.24, 2.45) is 5.92 Å². The van der Waals surface area contributed by atoms with E-state index in [1.165, 1.54) is 5.69 Å². The fourth-order valence-electron chi connectivity index (χ4n) is 3.43. The molecule has 1 aliphatic heterocycles. The molecule has 2 aromatic carbocycles. The molecule has 0 spiro atoms. The summed E-state index contributed by atoms with van der Waals surface area (Å²) in [5, 5.41) is 3.10. The van der Waals surface area contributed by atoms with Gasteiger partial charge in [-0.3, -0.25) is 4.79 Å². The number of benzene rings is 2. The molecule has 1 amide bonds. The lowest BCUT2D eigenvalue weighted by molar-refractivity contribution is -0.118. The molecule has 1 fully saturated rings. The van der Waals surface area contributed by atoms with Crippen LogP contribution >= 0.6 is 0 Å². The second-order valence-electron chi connectivity index (χ2n) is 6.91. The molecular formula is C22H28N2O2. The predicted octanol–water partition coefficient (Wildman–Crippen LogP) is 4.29. The van der Waals surface area contributed by atoms with Crippen LogP contribution < -0.4 is 10.2 Å². The minimum absolute atomic E-state index is 0.0599. The summed E-state index contributed by atoms with van der Waals surface area (Å²) in [6.45, 7) is 7.63. The Morgan fingerprint density at radius 2 is 1.73 bits per heavy atom. The van der Waals surface area contributed by atoms with E-state index in [0.29, 0.717) is 0 Å². The Morgan fingerprint density at radius 3 is 2.35 bits per heavy atom. The third kappa shape index (κ3) is 4.44. The molecule has 0 aliphatic carbocycles. The van der Waals surface area contributed by atoms with Crippen LogP contribution in [-0.2, 0) is 9.53 Å². The van der Waals surface area contributed by atoms with Crippen LogP contribution in [0.15, 0.2) is 54.6 Å². The standard InChI is InChI=1S/C22H28N2O2/c1-3-17(2)21(18-7-5-4-6-8-18)22(25)23-19-9-11-20(12-10-19)24-13-15-26-16-14-24/h4-12,17,21H,3,13-16H2,1-2H3,(H,23,25)/t17-,21-/m1/s1. The van der Waals surface area contributed by atoms with Crippen molar-refractivity contribution in [2.45, 2.75) is 26.2 Å². The molecule has 26 heavy (non-hydrogen) atoms. The lowest BCUT2D eigenvalue weighted by atomic mass is 9.85. The summed E-state index contributed by atoms with van der Waals surface area (Å²) in [5.41, 5.74) is 3.09. The molecule has 4 heteroatoms. The number of rotatable bonds is 6. The second-order valence-corrected chi connectivity index (χ2v) is 6.91. The Labute approximate surface area is 156 Å². The summed E-state index contributed by atoms with van der Waals surface area (Å²) < 4.78 is 5.40. The highest BCUT2D eigenvalue weighted by Crippen LogP contribution is 2.29. The Kier molecular flexibility index (Phi) is 6.29. The Bertz CT molecular complexity index is 694. The van der Waals surface area contributed by atoms with Gasteiger partial charge in [0.15, 0.2) is 0 Å². The van der Waals surface area contributed by atoms with E-state index < -0.39 is 0 Å². The van der Waals surface area contributed by atoms with Crippen molar-refractivity contribution in [3.8, 4) is 0 Å². The van der Waals surface area contributed by atoms with E-state index in [2.05, 4.69) is 36.2 Å². The van der Waals surface area contributed by atoms with Gasteiger partial charge in [0.2, 0.25) is 5.91 Å². The minimum atomic E-state index is -0.139. The van der Waals surface area contributed by atoms with E-state index in [9.17, 15) is 4.79 Å². The van der Waals surface area contributed by atoms with Crippen LogP contribution in [0.1, 0.15) is 31.7 Å². The first-order valence-corrected chi connectivity index (χ1v) is 9.47. The number of carbonyl (C=O) groups excluding carboxylic acids is 1. The van der Waals surface area contributed by atoms with E-state index in [4.69, 9.17) is 4.74 Å². The molecule has 1 N–H and O–H groups in total. The molecule has 3 rings (SSSR count). The Hall–Kier alpha value is -2.33. The molecule has 0 unspecified atom stereocenters. The first-order valence-electron chi connectivity index (χ1n) is 9.47. The zero-order valence-electron chi connectivity index (χ0n) is 15.7. The first-order chi connectivity index (χ1) is 12.7. The van der Waals surface area contributed by atoms with Crippen molar-refractivity contribution in [1.29, 1.82) is 0 Å². The molecule has 1 aliphatic rings. The van der Waals surface area contributed by atoms with Crippen molar-refractivity contribution in [2.75, 3.05) is 36.5 Å². The molecule has 0 bridgehead atoms. The van der Waals surface area contributed by atoms with Crippen molar-refractivity contribution in [1.82, 2.24) is 0 Å². The molecule has 2 aromatic rings. The quantitative estimate of drug-likeness (QED) is 0.843. The van der Waals surface area contributed by atoms with Gasteiger partial charge >= 0.3 is 0 Å². The molecule has 0 aromatic heterocycles.